The van der Waals surface area contributed by atoms with Gasteiger partial charge in [0.2, 0.25) is 0 Å². The Hall–Kier alpha value is -1.61. The molecule has 1 aromatic heterocycles. The molecule has 0 saturated carbocycles. The molecule has 1 aromatic carbocycles. The van der Waals surface area contributed by atoms with Crippen LogP contribution in [-0.2, 0) is 12.8 Å². The van der Waals surface area contributed by atoms with Crippen molar-refractivity contribution in [2.24, 2.45) is 0 Å². The summed E-state index contributed by atoms with van der Waals surface area (Å²) in [6.45, 7) is 6.36. The van der Waals surface area contributed by atoms with Gasteiger partial charge in [-0.25, -0.2) is 9.97 Å². The van der Waals surface area contributed by atoms with Gasteiger partial charge in [0.15, 0.2) is 0 Å². The van der Waals surface area contributed by atoms with Crippen LogP contribution in [0.3, 0.4) is 0 Å². The van der Waals surface area contributed by atoms with Crippen LogP contribution in [0.25, 0.3) is 0 Å². The highest BCUT2D eigenvalue weighted by atomic mass is 35.5. The van der Waals surface area contributed by atoms with Gasteiger partial charge in [0.05, 0.1) is 0 Å². The van der Waals surface area contributed by atoms with E-state index in [1.54, 1.807) is 0 Å². The first-order valence-electron chi connectivity index (χ1n) is 7.52. The number of para-hydroxylation sites is 1. The summed E-state index contributed by atoms with van der Waals surface area (Å²) in [6, 6.07) is 8.92. The molecule has 1 aliphatic heterocycles. The van der Waals surface area contributed by atoms with Crippen LogP contribution in [-0.4, -0.2) is 16.0 Å². The highest BCUT2D eigenvalue weighted by molar-refractivity contribution is 6.30. The van der Waals surface area contributed by atoms with E-state index >= 15 is 0 Å². The summed E-state index contributed by atoms with van der Waals surface area (Å²) in [7, 11) is 0. The number of hydrogen-bond donors (Lipinski definition) is 0. The van der Waals surface area contributed by atoms with Crippen molar-refractivity contribution in [2.75, 3.05) is 4.90 Å². The van der Waals surface area contributed by atoms with Crippen LogP contribution >= 0.6 is 11.6 Å². The smallest absolute Gasteiger partial charge is 0.141 e. The summed E-state index contributed by atoms with van der Waals surface area (Å²) in [4.78, 5) is 11.5. The molecular formula is C17H20ClN3. The fraction of sp³-hybridized carbons (Fsp3) is 0.412. The molecule has 21 heavy (non-hydrogen) atoms. The van der Waals surface area contributed by atoms with E-state index in [9.17, 15) is 0 Å². The van der Waals surface area contributed by atoms with E-state index in [4.69, 9.17) is 16.6 Å². The lowest BCUT2D eigenvalue weighted by Gasteiger charge is -2.26. The first-order chi connectivity index (χ1) is 10.1. The van der Waals surface area contributed by atoms with E-state index < -0.39 is 0 Å². The Bertz CT molecular complexity index is 669. The molecule has 0 fully saturated rings. The van der Waals surface area contributed by atoms with Gasteiger partial charge < -0.3 is 4.90 Å². The highest BCUT2D eigenvalue weighted by Crippen LogP contribution is 2.39. The minimum atomic E-state index is 0.390. The van der Waals surface area contributed by atoms with Crippen molar-refractivity contribution in [1.82, 2.24) is 9.97 Å². The second kappa shape index (κ2) is 5.64. The summed E-state index contributed by atoms with van der Waals surface area (Å²) >= 11 is 6.33. The third-order valence-corrected chi connectivity index (χ3v) is 4.38. The predicted molar refractivity (Wildman–Crippen MR) is 87.5 cm³/mol. The molecule has 4 heteroatoms. The summed E-state index contributed by atoms with van der Waals surface area (Å²) in [6.07, 6.45) is 2.92. The van der Waals surface area contributed by atoms with Crippen molar-refractivity contribution in [3.8, 4) is 0 Å². The number of benzene rings is 1. The van der Waals surface area contributed by atoms with E-state index in [-0.39, 0.29) is 0 Å². The van der Waals surface area contributed by atoms with E-state index in [0.717, 1.165) is 36.5 Å². The maximum absolute atomic E-state index is 6.33. The quantitative estimate of drug-likeness (QED) is 0.783. The Labute approximate surface area is 131 Å². The number of aryl methyl sites for hydroxylation is 1. The third kappa shape index (κ3) is 2.51. The molecule has 3 rings (SSSR count). The zero-order chi connectivity index (χ0) is 15.0. The molecule has 0 bridgehead atoms. The van der Waals surface area contributed by atoms with Crippen LogP contribution in [0.2, 0.25) is 5.15 Å². The third-order valence-electron chi connectivity index (χ3n) is 4.02. The van der Waals surface area contributed by atoms with E-state index in [2.05, 4.69) is 48.0 Å². The molecule has 2 aromatic rings. The number of fused-ring (bicyclic) bond motifs is 1. The minimum Gasteiger partial charge on any atom is -0.323 e. The number of hydrogen-bond acceptors (Lipinski definition) is 3. The second-order valence-corrected chi connectivity index (χ2v) is 6.04. The van der Waals surface area contributed by atoms with Crippen molar-refractivity contribution < 1.29 is 0 Å². The van der Waals surface area contributed by atoms with Gasteiger partial charge in [-0.1, -0.05) is 36.7 Å². The Balaban J connectivity index is 2.12. The van der Waals surface area contributed by atoms with Gasteiger partial charge in [-0.3, -0.25) is 0 Å². The van der Waals surface area contributed by atoms with Crippen molar-refractivity contribution in [1.29, 1.82) is 0 Å². The second-order valence-electron chi connectivity index (χ2n) is 5.68. The topological polar surface area (TPSA) is 29.0 Å². The molecule has 2 heterocycles. The fourth-order valence-corrected chi connectivity index (χ4v) is 3.16. The number of rotatable bonds is 3. The van der Waals surface area contributed by atoms with Gasteiger partial charge >= 0.3 is 0 Å². The zero-order valence-electron chi connectivity index (χ0n) is 12.7. The monoisotopic (exact) mass is 301 g/mol. The number of halogens is 1. The summed E-state index contributed by atoms with van der Waals surface area (Å²) in [5, 5.41) is 0.569. The highest BCUT2D eigenvalue weighted by Gasteiger charge is 2.29. The molecule has 0 N–H and O–H groups in total. The fourth-order valence-electron chi connectivity index (χ4n) is 2.98. The minimum absolute atomic E-state index is 0.390. The van der Waals surface area contributed by atoms with Gasteiger partial charge in [-0.15, -0.1) is 0 Å². The summed E-state index contributed by atoms with van der Waals surface area (Å²) < 4.78 is 0. The average molecular weight is 302 g/mol. The van der Waals surface area contributed by atoms with Crippen LogP contribution in [0.15, 0.2) is 24.3 Å². The van der Waals surface area contributed by atoms with Crippen LogP contribution in [0, 0.1) is 6.92 Å². The Kier molecular flexibility index (Phi) is 3.85. The molecule has 1 atom stereocenters. The van der Waals surface area contributed by atoms with Gasteiger partial charge in [0.1, 0.15) is 16.8 Å². The molecule has 0 radical (unpaired) electrons. The van der Waals surface area contributed by atoms with E-state index in [1.165, 1.54) is 11.3 Å². The van der Waals surface area contributed by atoms with E-state index in [1.807, 2.05) is 6.92 Å². The molecule has 3 nitrogen and oxygen atoms in total. The molecule has 0 amide bonds. The van der Waals surface area contributed by atoms with E-state index in [0.29, 0.717) is 11.2 Å². The Morgan fingerprint density at radius 2 is 2.05 bits per heavy atom. The molecule has 0 saturated heterocycles. The van der Waals surface area contributed by atoms with Gasteiger partial charge in [0, 0.05) is 23.7 Å². The summed E-state index contributed by atoms with van der Waals surface area (Å²) in [5.41, 5.74) is 3.57. The molecule has 0 spiro atoms. The summed E-state index contributed by atoms with van der Waals surface area (Å²) in [5.74, 6) is 1.79. The first kappa shape index (κ1) is 14.3. The number of aromatic nitrogens is 2. The van der Waals surface area contributed by atoms with Gasteiger partial charge in [0.25, 0.3) is 0 Å². The van der Waals surface area contributed by atoms with Crippen molar-refractivity contribution in [3.63, 3.8) is 0 Å². The zero-order valence-corrected chi connectivity index (χ0v) is 13.5. The Morgan fingerprint density at radius 1 is 1.29 bits per heavy atom. The van der Waals surface area contributed by atoms with Crippen LogP contribution in [0.1, 0.15) is 37.2 Å². The lowest BCUT2D eigenvalue weighted by atomic mass is 10.1. The number of anilines is 2. The van der Waals surface area contributed by atoms with Crippen molar-refractivity contribution in [3.05, 3.63) is 46.4 Å². The molecule has 110 valence electrons. The molecule has 0 aliphatic carbocycles. The van der Waals surface area contributed by atoms with Crippen molar-refractivity contribution in [2.45, 2.75) is 46.1 Å². The SMILES string of the molecule is CCCc1nc(Cl)c(C)c(N2c3ccccc3CC2C)n1. The lowest BCUT2D eigenvalue weighted by Crippen LogP contribution is -2.26. The first-order valence-corrected chi connectivity index (χ1v) is 7.89. The number of nitrogens with zero attached hydrogens (tertiary/aromatic N) is 3. The largest absolute Gasteiger partial charge is 0.323 e. The normalized spacial score (nSPS) is 17.1. The van der Waals surface area contributed by atoms with Crippen LogP contribution in [0.4, 0.5) is 11.5 Å². The maximum Gasteiger partial charge on any atom is 0.141 e. The average Bonchev–Trinajstić information content (AvgIpc) is 2.79. The van der Waals surface area contributed by atoms with Crippen LogP contribution in [0.5, 0.6) is 0 Å². The lowest BCUT2D eigenvalue weighted by molar-refractivity contribution is 0.737. The standard InChI is InChI=1S/C17H20ClN3/c1-4-7-15-19-16(18)12(3)17(20-15)21-11(2)10-13-8-5-6-9-14(13)21/h5-6,8-9,11H,4,7,10H2,1-3H3. The Morgan fingerprint density at radius 3 is 2.81 bits per heavy atom. The van der Waals surface area contributed by atoms with Crippen LogP contribution < -0.4 is 4.90 Å². The maximum atomic E-state index is 6.33. The van der Waals surface area contributed by atoms with Gasteiger partial charge in [-0.05, 0) is 38.3 Å². The molecule has 1 unspecified atom stereocenters. The molecule has 1 aliphatic rings. The van der Waals surface area contributed by atoms with Gasteiger partial charge in [-0.2, -0.15) is 0 Å². The van der Waals surface area contributed by atoms with Crippen molar-refractivity contribution >= 4 is 23.1 Å². The molecular weight excluding hydrogens is 282 g/mol. The predicted octanol–water partition coefficient (Wildman–Crippen LogP) is 4.47.